The second-order valence-electron chi connectivity index (χ2n) is 3.74. The van der Waals surface area contributed by atoms with Crippen molar-refractivity contribution in [1.29, 1.82) is 0 Å². The van der Waals surface area contributed by atoms with Gasteiger partial charge in [0.2, 0.25) is 0 Å². The molecule has 0 radical (unpaired) electrons. The zero-order valence-electron chi connectivity index (χ0n) is 9.66. The molecular formula is C11H14ClFO3S. The van der Waals surface area contributed by atoms with Crippen molar-refractivity contribution in [3.05, 3.63) is 23.3 Å². The molecule has 0 aliphatic carbocycles. The van der Waals surface area contributed by atoms with Crippen LogP contribution < -0.4 is 4.74 Å². The maximum absolute atomic E-state index is 12.0. The lowest BCUT2D eigenvalue weighted by Crippen LogP contribution is -2.05. The van der Waals surface area contributed by atoms with Gasteiger partial charge < -0.3 is 4.74 Å². The summed E-state index contributed by atoms with van der Waals surface area (Å²) in [6.45, 7) is 3.11. The molecule has 0 fully saturated rings. The van der Waals surface area contributed by atoms with Gasteiger partial charge in [0, 0.05) is 17.1 Å². The average molecular weight is 281 g/mol. The molecule has 0 saturated carbocycles. The highest BCUT2D eigenvalue weighted by molar-refractivity contribution is 8.13. The van der Waals surface area contributed by atoms with Gasteiger partial charge >= 0.3 is 0 Å². The van der Waals surface area contributed by atoms with Crippen molar-refractivity contribution in [3.8, 4) is 5.75 Å². The first-order valence-electron chi connectivity index (χ1n) is 5.11. The van der Waals surface area contributed by atoms with Crippen LogP contribution in [0, 0.1) is 13.8 Å². The Hall–Kier alpha value is -0.810. The fourth-order valence-electron chi connectivity index (χ4n) is 1.51. The third-order valence-electron chi connectivity index (χ3n) is 2.17. The van der Waals surface area contributed by atoms with Crippen molar-refractivity contribution in [2.75, 3.05) is 13.3 Å². The monoisotopic (exact) mass is 280 g/mol. The number of rotatable bonds is 5. The second-order valence-corrected chi connectivity index (χ2v) is 6.27. The lowest BCUT2D eigenvalue weighted by atomic mass is 10.1. The molecule has 0 aliphatic heterocycles. The van der Waals surface area contributed by atoms with Gasteiger partial charge in [-0.2, -0.15) is 0 Å². The molecule has 1 aromatic rings. The standard InChI is InChI=1S/C11H14ClFO3S/c1-8-6-9(2)11(16-5-3-4-13)10(7-8)17(12,14)15/h6-7H,3-5H2,1-2H3. The Kier molecular flexibility index (Phi) is 4.77. The molecule has 0 N–H and O–H groups in total. The molecular weight excluding hydrogens is 267 g/mol. The Bertz CT molecular complexity index is 500. The largest absolute Gasteiger partial charge is 0.492 e. The summed E-state index contributed by atoms with van der Waals surface area (Å²) in [6, 6.07) is 3.23. The number of halogens is 2. The zero-order valence-corrected chi connectivity index (χ0v) is 11.2. The van der Waals surface area contributed by atoms with Crippen molar-refractivity contribution < 1.29 is 17.5 Å². The van der Waals surface area contributed by atoms with Crippen LogP contribution in [-0.2, 0) is 9.05 Å². The molecule has 0 heterocycles. The Morgan fingerprint density at radius 2 is 2.00 bits per heavy atom. The molecule has 3 nitrogen and oxygen atoms in total. The minimum absolute atomic E-state index is 0.0597. The summed E-state index contributed by atoms with van der Waals surface area (Å²) in [5, 5.41) is 0. The van der Waals surface area contributed by atoms with Gasteiger partial charge in [-0.15, -0.1) is 0 Å². The predicted molar refractivity (Wildman–Crippen MR) is 65.0 cm³/mol. The minimum Gasteiger partial charge on any atom is -0.492 e. The average Bonchev–Trinajstić information content (AvgIpc) is 2.19. The van der Waals surface area contributed by atoms with Crippen molar-refractivity contribution in [3.63, 3.8) is 0 Å². The highest BCUT2D eigenvalue weighted by Gasteiger charge is 2.19. The molecule has 17 heavy (non-hydrogen) atoms. The smallest absolute Gasteiger partial charge is 0.265 e. The van der Waals surface area contributed by atoms with Gasteiger partial charge in [0.15, 0.2) is 0 Å². The van der Waals surface area contributed by atoms with Crippen molar-refractivity contribution >= 4 is 19.7 Å². The van der Waals surface area contributed by atoms with E-state index in [0.29, 0.717) is 5.56 Å². The molecule has 0 aromatic heterocycles. The summed E-state index contributed by atoms with van der Waals surface area (Å²) >= 11 is 0. The molecule has 0 amide bonds. The van der Waals surface area contributed by atoms with Gasteiger partial charge in [0.25, 0.3) is 9.05 Å². The highest BCUT2D eigenvalue weighted by atomic mass is 35.7. The number of alkyl halides is 1. The van der Waals surface area contributed by atoms with Gasteiger partial charge in [0.1, 0.15) is 10.6 Å². The topological polar surface area (TPSA) is 43.4 Å². The summed E-state index contributed by atoms with van der Waals surface area (Å²) in [4.78, 5) is -0.0597. The van der Waals surface area contributed by atoms with E-state index < -0.39 is 15.7 Å². The normalized spacial score (nSPS) is 11.5. The van der Waals surface area contributed by atoms with E-state index in [1.807, 2.05) is 0 Å². The van der Waals surface area contributed by atoms with Gasteiger partial charge in [-0.25, -0.2) is 8.42 Å². The summed E-state index contributed by atoms with van der Waals surface area (Å²) < 4.78 is 40.1. The van der Waals surface area contributed by atoms with E-state index in [1.54, 1.807) is 19.9 Å². The number of hydrogen-bond donors (Lipinski definition) is 0. The lowest BCUT2D eigenvalue weighted by molar-refractivity contribution is 0.281. The molecule has 0 aliphatic rings. The maximum atomic E-state index is 12.0. The summed E-state index contributed by atoms with van der Waals surface area (Å²) in [7, 11) is 1.48. The summed E-state index contributed by atoms with van der Waals surface area (Å²) in [6.07, 6.45) is 0.217. The van der Waals surface area contributed by atoms with Crippen LogP contribution in [0.15, 0.2) is 17.0 Å². The van der Waals surface area contributed by atoms with Crippen LogP contribution in [0.25, 0.3) is 0 Å². The number of benzene rings is 1. The van der Waals surface area contributed by atoms with E-state index in [9.17, 15) is 12.8 Å². The second kappa shape index (κ2) is 5.69. The molecule has 6 heteroatoms. The summed E-state index contributed by atoms with van der Waals surface area (Å²) in [5.41, 5.74) is 1.45. The Morgan fingerprint density at radius 1 is 1.35 bits per heavy atom. The van der Waals surface area contributed by atoms with E-state index in [-0.39, 0.29) is 23.7 Å². The SMILES string of the molecule is Cc1cc(C)c(OCCCF)c(S(=O)(=O)Cl)c1. The van der Waals surface area contributed by atoms with E-state index in [0.717, 1.165) is 5.56 Å². The quantitative estimate of drug-likeness (QED) is 0.615. The fourth-order valence-corrected chi connectivity index (χ4v) is 2.62. The number of ether oxygens (including phenoxy) is 1. The van der Waals surface area contributed by atoms with E-state index in [1.165, 1.54) is 6.07 Å². The van der Waals surface area contributed by atoms with Crippen LogP contribution in [0.4, 0.5) is 4.39 Å². The van der Waals surface area contributed by atoms with Gasteiger partial charge in [-0.05, 0) is 31.0 Å². The van der Waals surface area contributed by atoms with Crippen molar-refractivity contribution in [2.45, 2.75) is 25.2 Å². The minimum atomic E-state index is -3.86. The van der Waals surface area contributed by atoms with Gasteiger partial charge in [-0.1, -0.05) is 6.07 Å². The third-order valence-corrected chi connectivity index (χ3v) is 3.50. The van der Waals surface area contributed by atoms with Gasteiger partial charge in [-0.3, -0.25) is 4.39 Å². The first-order valence-corrected chi connectivity index (χ1v) is 7.42. The molecule has 1 rings (SSSR count). The molecule has 0 atom stereocenters. The van der Waals surface area contributed by atoms with Crippen LogP contribution in [0.1, 0.15) is 17.5 Å². The molecule has 0 spiro atoms. The predicted octanol–water partition coefficient (Wildman–Crippen LogP) is 2.97. The molecule has 0 saturated heterocycles. The molecule has 96 valence electrons. The van der Waals surface area contributed by atoms with Crippen LogP contribution in [0.3, 0.4) is 0 Å². The van der Waals surface area contributed by atoms with Crippen LogP contribution in [-0.4, -0.2) is 21.7 Å². The van der Waals surface area contributed by atoms with Crippen LogP contribution in [0.5, 0.6) is 5.75 Å². The Balaban J connectivity index is 3.17. The molecule has 0 unspecified atom stereocenters. The molecule has 0 bridgehead atoms. The maximum Gasteiger partial charge on any atom is 0.265 e. The third kappa shape index (κ3) is 3.85. The first kappa shape index (κ1) is 14.3. The van der Waals surface area contributed by atoms with E-state index in [4.69, 9.17) is 15.4 Å². The Labute approximate surface area is 105 Å². The molecule has 1 aromatic carbocycles. The van der Waals surface area contributed by atoms with Crippen LogP contribution in [0.2, 0.25) is 0 Å². The number of hydrogen-bond acceptors (Lipinski definition) is 3. The first-order chi connectivity index (χ1) is 7.86. The van der Waals surface area contributed by atoms with Crippen LogP contribution >= 0.6 is 10.7 Å². The fraction of sp³-hybridized carbons (Fsp3) is 0.455. The van der Waals surface area contributed by atoms with Crippen molar-refractivity contribution in [1.82, 2.24) is 0 Å². The number of aryl methyl sites for hydroxylation is 2. The van der Waals surface area contributed by atoms with Gasteiger partial charge in [0.05, 0.1) is 13.3 Å². The Morgan fingerprint density at radius 3 is 2.53 bits per heavy atom. The van der Waals surface area contributed by atoms with Crippen molar-refractivity contribution in [2.24, 2.45) is 0 Å². The van der Waals surface area contributed by atoms with E-state index >= 15 is 0 Å². The lowest BCUT2D eigenvalue weighted by Gasteiger charge is -2.13. The van der Waals surface area contributed by atoms with E-state index in [2.05, 4.69) is 0 Å². The summed E-state index contributed by atoms with van der Waals surface area (Å²) in [5.74, 6) is 0.207. The zero-order chi connectivity index (χ0) is 13.1. The highest BCUT2D eigenvalue weighted by Crippen LogP contribution is 2.31.